The third-order valence-corrected chi connectivity index (χ3v) is 12.3. The summed E-state index contributed by atoms with van der Waals surface area (Å²) < 4.78 is 222. The second-order valence-electron chi connectivity index (χ2n) is 15.5. The summed E-state index contributed by atoms with van der Waals surface area (Å²) in [6.45, 7) is -2.24. The number of azo groups is 1. The molecule has 50 heteroatoms. The zero-order chi connectivity index (χ0) is 60.0. The lowest BCUT2D eigenvalue weighted by Gasteiger charge is -2.50. The van der Waals surface area contributed by atoms with Gasteiger partial charge in [-0.1, -0.05) is 10.2 Å². The van der Waals surface area contributed by atoms with Crippen molar-refractivity contribution in [2.45, 2.75) is 130 Å². The van der Waals surface area contributed by atoms with Crippen LogP contribution in [-0.4, -0.2) is 272 Å². The summed E-state index contributed by atoms with van der Waals surface area (Å²) in [5, 5.41) is 91.2. The van der Waals surface area contributed by atoms with Gasteiger partial charge in [0.05, 0.1) is 13.2 Å². The van der Waals surface area contributed by atoms with Gasteiger partial charge in [-0.3, -0.25) is 27.6 Å². The molecular formula is C28H46N6O39S5. The molecule has 0 aromatic heterocycles. The number of carboxylic acid groups (broad SMARTS) is 2. The maximum absolute atomic E-state index is 12.7. The van der Waals surface area contributed by atoms with Crippen LogP contribution in [0, 0.1) is 0 Å². The standard InChI is InChI=1S/C26H42N2O37S5.C2H4N4O2/c1-4(30)27-7-9(31)13(6(56-23(7)39)3-55-67(43,44)45)58-26-19(65-70(52,53)54)12(34)16(20(62-26)22(37)38)60-24-8(28-66(40,41)42)15(63-68(46,47)48)14(5(2-29)57-24)59-25-18(64-69(49,50)51)11(33)10(32)17(61-25)21(35)36;3-1(7)5-6-2(4)8/h5-20,23-26,28-29,31-34,39H,2-3H2,1H3,(H,27,30)(H,35,36)(H,37,38)(H,40,41,42)(H,43,44,45)(H,46,47,48)(H,49,50,51)(H,52,53,54);(H2,3,7)(H2,4,8)/b;6-5+/t5-,6+,7-,8-,9-,10-,11-,12+,13-,14-,15-,16+,17-,18+,19-,20+,23-,24+,25+,26-;/m1./s1. The third-order valence-electron chi connectivity index (χ3n) is 9.93. The number of hydrogen-bond donors (Lipinski definition) is 17. The minimum atomic E-state index is -6.09. The molecule has 0 aromatic carbocycles. The van der Waals surface area contributed by atoms with Crippen molar-refractivity contribution in [3.8, 4) is 0 Å². The van der Waals surface area contributed by atoms with Crippen LogP contribution >= 0.6 is 0 Å². The third kappa shape index (κ3) is 20.4. The molecule has 20 atom stereocenters. The number of carboxylic acids is 2. The van der Waals surface area contributed by atoms with E-state index in [4.69, 9.17) is 37.7 Å². The number of nitrogens with two attached hydrogens (primary N) is 2. The van der Waals surface area contributed by atoms with Crippen LogP contribution in [0.5, 0.6) is 0 Å². The molecule has 0 radical (unpaired) electrons. The quantitative estimate of drug-likeness (QED) is 0.0375. The Bertz CT molecular complexity index is 2740. The first-order chi connectivity index (χ1) is 35.4. The summed E-state index contributed by atoms with van der Waals surface area (Å²) in [7, 11) is -29.1. The van der Waals surface area contributed by atoms with Crippen molar-refractivity contribution in [1.29, 1.82) is 0 Å². The Morgan fingerprint density at radius 2 is 0.974 bits per heavy atom. The van der Waals surface area contributed by atoms with E-state index in [0.717, 1.165) is 6.92 Å². The number of primary amides is 2. The first-order valence-corrected chi connectivity index (χ1v) is 27.0. The lowest BCUT2D eigenvalue weighted by molar-refractivity contribution is -0.366. The van der Waals surface area contributed by atoms with Gasteiger partial charge in [-0.25, -0.2) is 35.9 Å². The molecular weight excluding hydrogens is 1200 g/mol. The highest BCUT2D eigenvalue weighted by atomic mass is 32.3. The van der Waals surface area contributed by atoms with E-state index >= 15 is 0 Å². The zero-order valence-corrected chi connectivity index (χ0v) is 42.1. The number of aliphatic carboxylic acids is 2. The number of rotatable bonds is 21. The molecule has 4 aliphatic heterocycles. The Balaban J connectivity index is 0.00000184. The molecule has 4 fully saturated rings. The molecule has 0 unspecified atom stereocenters. The second-order valence-corrected chi connectivity index (χ2v) is 20.9. The number of ether oxygens (including phenoxy) is 7. The van der Waals surface area contributed by atoms with E-state index in [1.54, 1.807) is 0 Å². The molecule has 0 aromatic rings. The molecule has 78 heavy (non-hydrogen) atoms. The Labute approximate surface area is 434 Å². The monoisotopic (exact) mass is 1250 g/mol. The zero-order valence-electron chi connectivity index (χ0n) is 38.0. The van der Waals surface area contributed by atoms with Crippen molar-refractivity contribution < 1.29 is 180 Å². The van der Waals surface area contributed by atoms with Crippen molar-refractivity contribution in [1.82, 2.24) is 10.0 Å². The molecule has 4 aliphatic rings. The van der Waals surface area contributed by atoms with Gasteiger partial charge in [0, 0.05) is 6.92 Å². The Hall–Kier alpha value is -4.22. The number of aliphatic hydroxyl groups is 6. The van der Waals surface area contributed by atoms with Crippen LogP contribution in [0.25, 0.3) is 0 Å². The summed E-state index contributed by atoms with van der Waals surface area (Å²) in [6, 6.07) is -7.04. The number of carbonyl (C=O) groups is 5. The molecule has 0 aliphatic carbocycles. The molecule has 452 valence electrons. The molecule has 4 rings (SSSR count). The molecule has 4 heterocycles. The number of carbonyl (C=O) groups excluding carboxylic acids is 3. The number of aliphatic hydroxyl groups excluding tert-OH is 6. The van der Waals surface area contributed by atoms with E-state index in [1.807, 2.05) is 5.32 Å². The van der Waals surface area contributed by atoms with E-state index in [2.05, 4.69) is 38.4 Å². The molecule has 19 N–H and O–H groups in total. The van der Waals surface area contributed by atoms with Gasteiger partial charge in [-0.15, -0.1) is 0 Å². The largest absolute Gasteiger partial charge is 0.479 e. The molecule has 0 bridgehead atoms. The topological polar surface area (TPSA) is 721 Å². The minimum Gasteiger partial charge on any atom is -0.479 e. The molecule has 4 saturated heterocycles. The number of amides is 5. The predicted molar refractivity (Wildman–Crippen MR) is 225 cm³/mol. The van der Waals surface area contributed by atoms with E-state index in [9.17, 15) is 125 Å². The maximum Gasteiger partial charge on any atom is 0.397 e. The lowest BCUT2D eigenvalue weighted by atomic mass is 9.94. The molecule has 0 spiro atoms. The van der Waals surface area contributed by atoms with Crippen LogP contribution in [0.3, 0.4) is 0 Å². The van der Waals surface area contributed by atoms with Crippen molar-refractivity contribution in [2.75, 3.05) is 13.2 Å². The highest BCUT2D eigenvalue weighted by Gasteiger charge is 2.60. The Kier molecular flexibility index (Phi) is 23.6. The number of hydrogen-bond acceptors (Lipinski definition) is 32. The number of nitrogens with one attached hydrogen (secondary N) is 2. The van der Waals surface area contributed by atoms with Crippen molar-refractivity contribution in [3.63, 3.8) is 0 Å². The Morgan fingerprint density at radius 1 is 0.526 bits per heavy atom. The van der Waals surface area contributed by atoms with Gasteiger partial charge in [0.1, 0.15) is 73.1 Å². The lowest BCUT2D eigenvalue weighted by Crippen LogP contribution is -2.71. The summed E-state index contributed by atoms with van der Waals surface area (Å²) in [5.41, 5.74) is 8.87. The van der Waals surface area contributed by atoms with Crippen LogP contribution < -0.4 is 21.5 Å². The van der Waals surface area contributed by atoms with Crippen LogP contribution in [0.1, 0.15) is 6.92 Å². The van der Waals surface area contributed by atoms with Gasteiger partial charge >= 0.3 is 75.9 Å². The number of urea groups is 2. The fourth-order valence-corrected chi connectivity index (χ4v) is 9.53. The van der Waals surface area contributed by atoms with Gasteiger partial charge in [0.15, 0.2) is 49.6 Å². The fourth-order valence-electron chi connectivity index (χ4n) is 7.15. The van der Waals surface area contributed by atoms with Crippen LogP contribution in [-0.2, 0) is 116 Å². The molecule has 0 saturated carbocycles. The molecule has 45 nitrogen and oxygen atoms in total. The molecule has 5 amide bonds. The van der Waals surface area contributed by atoms with Gasteiger partial charge in [0.25, 0.3) is 0 Å². The van der Waals surface area contributed by atoms with Crippen molar-refractivity contribution >= 4 is 81.8 Å². The van der Waals surface area contributed by atoms with E-state index in [1.165, 1.54) is 4.72 Å². The summed E-state index contributed by atoms with van der Waals surface area (Å²) in [6.07, 6.45) is -49.1. The first-order valence-electron chi connectivity index (χ1n) is 20.1. The van der Waals surface area contributed by atoms with Crippen LogP contribution in [0.4, 0.5) is 9.59 Å². The highest BCUT2D eigenvalue weighted by molar-refractivity contribution is 7.83. The summed E-state index contributed by atoms with van der Waals surface area (Å²) in [5.74, 6) is -5.49. The average molecular weight is 1250 g/mol. The van der Waals surface area contributed by atoms with E-state index in [-0.39, 0.29) is 0 Å². The minimum absolute atomic E-state index is 0.840. The van der Waals surface area contributed by atoms with Crippen LogP contribution in [0.2, 0.25) is 0 Å². The maximum atomic E-state index is 12.7. The van der Waals surface area contributed by atoms with E-state index in [0.29, 0.717) is 0 Å². The van der Waals surface area contributed by atoms with Crippen LogP contribution in [0.15, 0.2) is 10.2 Å². The highest BCUT2D eigenvalue weighted by Crippen LogP contribution is 2.37. The Morgan fingerprint density at radius 3 is 1.40 bits per heavy atom. The van der Waals surface area contributed by atoms with Gasteiger partial charge in [0.2, 0.25) is 5.91 Å². The SMILES string of the molecule is CC(=O)N[C@@H]1[C@@H](O)[C@H](O[C@@H]2O[C@H](C(=O)O)[C@@H](O[C@@H]3O[C@H](CO)[C@@H](O[C@H]4O[C@@H](C(=O)O)[C@H](O)[C@@H](O)[C@@H]4OS(=O)(=O)O)[C@H](OS(=O)(=O)O)[C@H]3NS(=O)(=O)O)[C@H](O)[C@H]2OS(=O)(=O)O)[C@H](COS(=O)(=O)O)O[C@H]1O.NC(=O)/N=N/C(N)=O. The second kappa shape index (κ2) is 27.0. The normalized spacial score (nSPS) is 36.2. The summed E-state index contributed by atoms with van der Waals surface area (Å²) in [4.78, 5) is 55.7. The van der Waals surface area contributed by atoms with E-state index < -0.39 is 218 Å². The number of nitrogens with zero attached hydrogens (tertiary/aromatic N) is 2. The predicted octanol–water partition coefficient (Wildman–Crippen LogP) is -11.1. The summed E-state index contributed by atoms with van der Waals surface area (Å²) >= 11 is 0. The van der Waals surface area contributed by atoms with Crippen molar-refractivity contribution in [3.05, 3.63) is 0 Å². The van der Waals surface area contributed by atoms with Gasteiger partial charge in [-0.2, -0.15) is 46.8 Å². The van der Waals surface area contributed by atoms with Gasteiger partial charge < -0.3 is 90.8 Å². The average Bonchev–Trinajstić information content (AvgIpc) is 3.26. The fraction of sp³-hybridized carbons (Fsp3) is 0.821. The van der Waals surface area contributed by atoms with Gasteiger partial charge in [-0.05, 0) is 0 Å². The van der Waals surface area contributed by atoms with Crippen molar-refractivity contribution in [2.24, 2.45) is 21.7 Å². The smallest absolute Gasteiger partial charge is 0.397 e. The first kappa shape index (κ1) is 68.1.